The van der Waals surface area contributed by atoms with E-state index in [1.807, 2.05) is 12.3 Å². The topological polar surface area (TPSA) is 91.3 Å². The molecule has 0 aliphatic carbocycles. The van der Waals surface area contributed by atoms with Gasteiger partial charge in [-0.25, -0.2) is 14.6 Å². The highest BCUT2D eigenvalue weighted by molar-refractivity contribution is 7.09. The molecule has 3 N–H and O–H groups in total. The number of nitrogens with zero attached hydrogens (tertiary/aromatic N) is 1. The van der Waals surface area contributed by atoms with Crippen LogP contribution in [0.15, 0.2) is 5.38 Å². The van der Waals surface area contributed by atoms with Crippen molar-refractivity contribution in [3.8, 4) is 0 Å². The fraction of sp³-hybridized carbons (Fsp3) is 0.583. The first-order valence-corrected chi connectivity index (χ1v) is 6.76. The van der Waals surface area contributed by atoms with Gasteiger partial charge in [0.1, 0.15) is 6.04 Å². The summed E-state index contributed by atoms with van der Waals surface area (Å²) in [5.41, 5.74) is 0.209. The van der Waals surface area contributed by atoms with Crippen LogP contribution in [0.25, 0.3) is 0 Å². The summed E-state index contributed by atoms with van der Waals surface area (Å²) >= 11 is 1.50. The smallest absolute Gasteiger partial charge is 0.326 e. The van der Waals surface area contributed by atoms with E-state index in [9.17, 15) is 9.59 Å². The number of carbonyl (C=O) groups is 2. The van der Waals surface area contributed by atoms with Crippen molar-refractivity contribution in [1.82, 2.24) is 15.6 Å². The summed E-state index contributed by atoms with van der Waals surface area (Å²) in [6.45, 7) is 7.45. The van der Waals surface area contributed by atoms with Gasteiger partial charge in [-0.05, 0) is 12.3 Å². The summed E-state index contributed by atoms with van der Waals surface area (Å²) in [6, 6.07) is -1.45. The minimum atomic E-state index is -1.05. The molecule has 6 nitrogen and oxygen atoms in total. The van der Waals surface area contributed by atoms with Crippen LogP contribution >= 0.6 is 11.3 Å². The number of carboxylic acid groups (broad SMARTS) is 1. The Morgan fingerprint density at radius 1 is 1.47 bits per heavy atom. The van der Waals surface area contributed by atoms with Crippen molar-refractivity contribution in [3.63, 3.8) is 0 Å². The van der Waals surface area contributed by atoms with E-state index in [-0.39, 0.29) is 6.54 Å². The molecule has 0 unspecified atom stereocenters. The fourth-order valence-electron chi connectivity index (χ4n) is 1.49. The predicted molar refractivity (Wildman–Crippen MR) is 73.1 cm³/mol. The number of hydrogen-bond donors (Lipinski definition) is 3. The average molecular weight is 285 g/mol. The van der Waals surface area contributed by atoms with Gasteiger partial charge >= 0.3 is 12.0 Å². The Morgan fingerprint density at radius 3 is 2.53 bits per heavy atom. The number of urea groups is 1. The third-order valence-corrected chi connectivity index (χ3v) is 3.31. The van der Waals surface area contributed by atoms with E-state index in [1.54, 1.807) is 20.8 Å². The lowest BCUT2D eigenvalue weighted by Gasteiger charge is -2.27. The van der Waals surface area contributed by atoms with E-state index >= 15 is 0 Å². The van der Waals surface area contributed by atoms with Gasteiger partial charge in [0, 0.05) is 5.38 Å². The molecule has 0 aliphatic rings. The molecule has 0 aromatic carbocycles. The quantitative estimate of drug-likeness (QED) is 0.786. The molecule has 0 saturated heterocycles. The van der Waals surface area contributed by atoms with E-state index < -0.39 is 23.5 Å². The number of aromatic nitrogens is 1. The van der Waals surface area contributed by atoms with Crippen LogP contribution in [0.3, 0.4) is 0 Å². The van der Waals surface area contributed by atoms with E-state index in [2.05, 4.69) is 15.6 Å². The van der Waals surface area contributed by atoms with Gasteiger partial charge in [0.15, 0.2) is 0 Å². The number of rotatable bonds is 4. The summed E-state index contributed by atoms with van der Waals surface area (Å²) in [7, 11) is 0. The number of aryl methyl sites for hydroxylation is 1. The SMILES string of the molecule is Cc1nc(CNC(=O)N[C@H](C(=O)O)C(C)(C)C)cs1. The first-order valence-electron chi connectivity index (χ1n) is 5.88. The molecule has 0 aliphatic heterocycles. The van der Waals surface area contributed by atoms with Crippen molar-refractivity contribution >= 4 is 23.3 Å². The molecule has 1 heterocycles. The highest BCUT2D eigenvalue weighted by Crippen LogP contribution is 2.19. The van der Waals surface area contributed by atoms with Crippen molar-refractivity contribution < 1.29 is 14.7 Å². The third-order valence-electron chi connectivity index (χ3n) is 2.49. The molecule has 106 valence electrons. The summed E-state index contributed by atoms with van der Waals surface area (Å²) in [5, 5.41) is 16.9. The molecule has 0 fully saturated rings. The molecule has 0 spiro atoms. The van der Waals surface area contributed by atoms with Gasteiger partial charge in [-0.3, -0.25) is 0 Å². The number of aliphatic carboxylic acids is 1. The Hall–Kier alpha value is -1.63. The van der Waals surface area contributed by atoms with Crippen molar-refractivity contribution in [1.29, 1.82) is 0 Å². The third kappa shape index (κ3) is 4.86. The Kier molecular flexibility index (Phi) is 4.88. The number of amides is 2. The maximum absolute atomic E-state index is 11.7. The summed E-state index contributed by atoms with van der Waals surface area (Å²) in [4.78, 5) is 27.0. The standard InChI is InChI=1S/C12H19N3O3S/c1-7-14-8(6-19-7)5-13-11(18)15-9(10(16)17)12(2,3)4/h6,9H,5H2,1-4H3,(H,16,17)(H2,13,15,18)/t9-/m1/s1. The molecule has 7 heteroatoms. The van der Waals surface area contributed by atoms with Gasteiger partial charge in [0.2, 0.25) is 0 Å². The minimum absolute atomic E-state index is 0.284. The molecular formula is C12H19N3O3S. The summed E-state index contributed by atoms with van der Waals surface area (Å²) in [6.07, 6.45) is 0. The molecule has 2 amide bonds. The number of thiazole rings is 1. The van der Waals surface area contributed by atoms with Gasteiger partial charge in [0.25, 0.3) is 0 Å². The molecular weight excluding hydrogens is 266 g/mol. The van der Waals surface area contributed by atoms with Crippen LogP contribution in [0.1, 0.15) is 31.5 Å². The second-order valence-corrected chi connectivity index (χ2v) is 6.38. The Balaban J connectivity index is 2.52. The number of carboxylic acids is 1. The largest absolute Gasteiger partial charge is 0.480 e. The zero-order valence-electron chi connectivity index (χ0n) is 11.5. The molecule has 1 rings (SSSR count). The van der Waals surface area contributed by atoms with E-state index in [0.717, 1.165) is 10.7 Å². The number of nitrogens with one attached hydrogen (secondary N) is 2. The molecule has 0 bridgehead atoms. The molecule has 19 heavy (non-hydrogen) atoms. The summed E-state index contributed by atoms with van der Waals surface area (Å²) < 4.78 is 0. The highest BCUT2D eigenvalue weighted by Gasteiger charge is 2.32. The molecule has 0 radical (unpaired) electrons. The molecule has 1 aromatic rings. The molecule has 1 aromatic heterocycles. The Morgan fingerprint density at radius 2 is 2.11 bits per heavy atom. The zero-order chi connectivity index (χ0) is 14.6. The Bertz CT molecular complexity index is 465. The van der Waals surface area contributed by atoms with Gasteiger partial charge in [-0.15, -0.1) is 11.3 Å². The van der Waals surface area contributed by atoms with Crippen LogP contribution in [-0.2, 0) is 11.3 Å². The van der Waals surface area contributed by atoms with Crippen molar-refractivity contribution in [2.75, 3.05) is 0 Å². The van der Waals surface area contributed by atoms with Gasteiger partial charge in [-0.1, -0.05) is 20.8 Å². The first-order chi connectivity index (χ1) is 8.70. The normalized spacial score (nSPS) is 12.8. The highest BCUT2D eigenvalue weighted by atomic mass is 32.1. The molecule has 0 saturated carbocycles. The lowest BCUT2D eigenvalue weighted by atomic mass is 9.87. The maximum atomic E-state index is 11.7. The van der Waals surface area contributed by atoms with Crippen LogP contribution in [0.2, 0.25) is 0 Å². The number of carbonyl (C=O) groups excluding carboxylic acids is 1. The predicted octanol–water partition coefficient (Wildman–Crippen LogP) is 1.75. The van der Waals surface area contributed by atoms with Crippen LogP contribution < -0.4 is 10.6 Å². The van der Waals surface area contributed by atoms with Crippen molar-refractivity contribution in [3.05, 3.63) is 16.1 Å². The van der Waals surface area contributed by atoms with Crippen LogP contribution in [0.5, 0.6) is 0 Å². The lowest BCUT2D eigenvalue weighted by molar-refractivity contribution is -0.141. The van der Waals surface area contributed by atoms with Gasteiger partial charge in [-0.2, -0.15) is 0 Å². The van der Waals surface area contributed by atoms with Crippen molar-refractivity contribution in [2.24, 2.45) is 5.41 Å². The monoisotopic (exact) mass is 285 g/mol. The lowest BCUT2D eigenvalue weighted by Crippen LogP contribution is -2.52. The second kappa shape index (κ2) is 6.01. The maximum Gasteiger partial charge on any atom is 0.326 e. The second-order valence-electron chi connectivity index (χ2n) is 5.32. The van der Waals surface area contributed by atoms with Crippen LogP contribution in [-0.4, -0.2) is 28.1 Å². The van der Waals surface area contributed by atoms with Crippen molar-refractivity contribution in [2.45, 2.75) is 40.3 Å². The van der Waals surface area contributed by atoms with Gasteiger partial charge < -0.3 is 15.7 Å². The Labute approximate surface area is 116 Å². The number of hydrogen-bond acceptors (Lipinski definition) is 4. The van der Waals surface area contributed by atoms with E-state index in [1.165, 1.54) is 11.3 Å². The minimum Gasteiger partial charge on any atom is -0.480 e. The molecule has 1 atom stereocenters. The first kappa shape index (κ1) is 15.4. The van der Waals surface area contributed by atoms with Crippen LogP contribution in [0.4, 0.5) is 4.79 Å². The van der Waals surface area contributed by atoms with E-state index in [0.29, 0.717) is 0 Å². The van der Waals surface area contributed by atoms with Crippen LogP contribution in [0, 0.1) is 12.3 Å². The van der Waals surface area contributed by atoms with E-state index in [4.69, 9.17) is 5.11 Å². The average Bonchev–Trinajstić information content (AvgIpc) is 2.67. The fourth-order valence-corrected chi connectivity index (χ4v) is 2.10. The van der Waals surface area contributed by atoms with Gasteiger partial charge in [0.05, 0.1) is 17.2 Å². The summed E-state index contributed by atoms with van der Waals surface area (Å²) in [5.74, 6) is -1.05. The zero-order valence-corrected chi connectivity index (χ0v) is 12.3.